The van der Waals surface area contributed by atoms with Gasteiger partial charge in [0.15, 0.2) is 0 Å². The molecule has 0 bridgehead atoms. The number of halogens is 1. The van der Waals surface area contributed by atoms with E-state index in [1.807, 2.05) is 19.1 Å². The highest BCUT2D eigenvalue weighted by atomic mass is 19.1. The lowest BCUT2D eigenvalue weighted by Crippen LogP contribution is -2.47. The molecule has 1 saturated heterocycles. The summed E-state index contributed by atoms with van der Waals surface area (Å²) in [5.41, 5.74) is 1.99. The number of benzene rings is 2. The maximum atomic E-state index is 12.9. The van der Waals surface area contributed by atoms with Gasteiger partial charge < -0.3 is 16.0 Å². The van der Waals surface area contributed by atoms with E-state index in [-0.39, 0.29) is 29.7 Å². The largest absolute Gasteiger partial charge is 0.348 e. The van der Waals surface area contributed by atoms with Crippen molar-refractivity contribution in [2.24, 2.45) is 0 Å². The zero-order valence-corrected chi connectivity index (χ0v) is 15.3. The molecule has 1 fully saturated rings. The topological polar surface area (TPSA) is 70.2 Å². The molecule has 0 radical (unpaired) electrons. The predicted molar refractivity (Wildman–Crippen MR) is 103 cm³/mol. The molecule has 3 rings (SSSR count). The number of carbonyl (C=O) groups is 2. The first kappa shape index (κ1) is 19.0. The van der Waals surface area contributed by atoms with E-state index in [0.717, 1.165) is 31.4 Å². The summed E-state index contributed by atoms with van der Waals surface area (Å²) in [5, 5.41) is 9.05. The number of hydrogen-bond donors (Lipinski definition) is 3. The fourth-order valence-corrected chi connectivity index (χ4v) is 3.13. The molecule has 2 aromatic carbocycles. The van der Waals surface area contributed by atoms with Crippen molar-refractivity contribution >= 4 is 17.5 Å². The molecule has 3 N–H and O–H groups in total. The van der Waals surface area contributed by atoms with E-state index < -0.39 is 0 Å². The summed E-state index contributed by atoms with van der Waals surface area (Å²) < 4.78 is 12.9. The maximum Gasteiger partial charge on any atom is 0.255 e. The predicted octanol–water partition coefficient (Wildman–Crippen LogP) is 3.40. The minimum atomic E-state index is -0.379. The molecular formula is C21H24FN3O2. The van der Waals surface area contributed by atoms with E-state index in [9.17, 15) is 14.0 Å². The Bertz CT molecular complexity index is 784. The average molecular weight is 369 g/mol. The highest BCUT2D eigenvalue weighted by Gasteiger charge is 2.22. The van der Waals surface area contributed by atoms with Crippen LogP contribution in [0.5, 0.6) is 0 Å². The quantitative estimate of drug-likeness (QED) is 0.757. The Balaban J connectivity index is 1.56. The van der Waals surface area contributed by atoms with E-state index in [4.69, 9.17) is 0 Å². The second kappa shape index (κ2) is 8.77. The van der Waals surface area contributed by atoms with Gasteiger partial charge in [-0.2, -0.15) is 0 Å². The van der Waals surface area contributed by atoms with E-state index >= 15 is 0 Å². The highest BCUT2D eigenvalue weighted by Crippen LogP contribution is 2.18. The number of amides is 2. The standard InChI is InChI=1S/C21H24FN3O2/c1-14(24-21(27)19-4-2-3-13-23-19)15-7-11-18(12-8-15)25-20(26)16-5-9-17(22)10-6-16/h5-12,14,19,23H,2-4,13H2,1H3,(H,24,27)(H,25,26). The van der Waals surface area contributed by atoms with Crippen molar-refractivity contribution in [1.29, 1.82) is 0 Å². The molecule has 6 heteroatoms. The molecule has 142 valence electrons. The second-order valence-corrected chi connectivity index (χ2v) is 6.82. The number of nitrogens with one attached hydrogen (secondary N) is 3. The third-order valence-electron chi connectivity index (χ3n) is 4.76. The van der Waals surface area contributed by atoms with Gasteiger partial charge in [0.25, 0.3) is 5.91 Å². The molecule has 0 aromatic heterocycles. The van der Waals surface area contributed by atoms with Crippen LogP contribution in [0.4, 0.5) is 10.1 Å². The van der Waals surface area contributed by atoms with Crippen molar-refractivity contribution in [3.05, 3.63) is 65.5 Å². The Hall–Kier alpha value is -2.73. The Morgan fingerprint density at radius 3 is 2.41 bits per heavy atom. The zero-order chi connectivity index (χ0) is 19.2. The lowest BCUT2D eigenvalue weighted by atomic mass is 10.0. The van der Waals surface area contributed by atoms with E-state index in [1.165, 1.54) is 24.3 Å². The lowest BCUT2D eigenvalue weighted by Gasteiger charge is -2.24. The fourth-order valence-electron chi connectivity index (χ4n) is 3.13. The highest BCUT2D eigenvalue weighted by molar-refractivity contribution is 6.04. The number of hydrogen-bond acceptors (Lipinski definition) is 3. The van der Waals surface area contributed by atoms with E-state index in [0.29, 0.717) is 11.3 Å². The van der Waals surface area contributed by atoms with Gasteiger partial charge in [0, 0.05) is 11.3 Å². The molecular weight excluding hydrogens is 345 g/mol. The molecule has 2 atom stereocenters. The summed E-state index contributed by atoms with van der Waals surface area (Å²) in [6.45, 7) is 2.82. The van der Waals surface area contributed by atoms with Crippen molar-refractivity contribution in [2.45, 2.75) is 38.3 Å². The molecule has 5 nitrogen and oxygen atoms in total. The van der Waals surface area contributed by atoms with E-state index in [1.54, 1.807) is 12.1 Å². The first-order valence-corrected chi connectivity index (χ1v) is 9.23. The van der Waals surface area contributed by atoms with Crippen LogP contribution in [0.15, 0.2) is 48.5 Å². The summed E-state index contributed by atoms with van der Waals surface area (Å²) in [6, 6.07) is 12.5. The smallest absolute Gasteiger partial charge is 0.255 e. The average Bonchev–Trinajstić information content (AvgIpc) is 2.69. The molecule has 2 aromatic rings. The minimum absolute atomic E-state index is 0.0240. The van der Waals surface area contributed by atoms with Gasteiger partial charge >= 0.3 is 0 Å². The van der Waals surface area contributed by atoms with Gasteiger partial charge in [-0.3, -0.25) is 9.59 Å². The van der Waals surface area contributed by atoms with Gasteiger partial charge in [0.05, 0.1) is 12.1 Å². The van der Waals surface area contributed by atoms with Crippen molar-refractivity contribution in [3.8, 4) is 0 Å². The first-order valence-electron chi connectivity index (χ1n) is 9.23. The van der Waals surface area contributed by atoms with Crippen molar-refractivity contribution in [3.63, 3.8) is 0 Å². The van der Waals surface area contributed by atoms with Gasteiger partial charge in [0.2, 0.25) is 5.91 Å². The first-order chi connectivity index (χ1) is 13.0. The lowest BCUT2D eigenvalue weighted by molar-refractivity contribution is -0.124. The molecule has 1 aliphatic rings. The Labute approximate surface area is 158 Å². The molecule has 27 heavy (non-hydrogen) atoms. The molecule has 2 unspecified atom stereocenters. The fraction of sp³-hybridized carbons (Fsp3) is 0.333. The number of anilines is 1. The summed E-state index contributed by atoms with van der Waals surface area (Å²) in [4.78, 5) is 24.5. The SMILES string of the molecule is CC(NC(=O)C1CCCCN1)c1ccc(NC(=O)c2ccc(F)cc2)cc1. The Morgan fingerprint density at radius 1 is 1.07 bits per heavy atom. The van der Waals surface area contributed by atoms with E-state index in [2.05, 4.69) is 16.0 Å². The Kier molecular flexibility index (Phi) is 6.19. The summed E-state index contributed by atoms with van der Waals surface area (Å²) in [6.07, 6.45) is 3.05. The van der Waals surface area contributed by atoms with Crippen molar-refractivity contribution in [1.82, 2.24) is 10.6 Å². The third kappa shape index (κ3) is 5.14. The number of rotatable bonds is 5. The van der Waals surface area contributed by atoms with Gasteiger partial charge in [-0.25, -0.2) is 4.39 Å². The van der Waals surface area contributed by atoms with Gasteiger partial charge in [-0.1, -0.05) is 18.6 Å². The van der Waals surface area contributed by atoms with Crippen molar-refractivity contribution < 1.29 is 14.0 Å². The summed E-state index contributed by atoms with van der Waals surface area (Å²) in [5.74, 6) is -0.654. The number of carbonyl (C=O) groups excluding carboxylic acids is 2. The summed E-state index contributed by atoms with van der Waals surface area (Å²) >= 11 is 0. The Morgan fingerprint density at radius 2 is 1.78 bits per heavy atom. The number of piperidine rings is 1. The second-order valence-electron chi connectivity index (χ2n) is 6.82. The zero-order valence-electron chi connectivity index (χ0n) is 15.3. The molecule has 1 heterocycles. The van der Waals surface area contributed by atoms with Crippen LogP contribution >= 0.6 is 0 Å². The summed E-state index contributed by atoms with van der Waals surface area (Å²) in [7, 11) is 0. The van der Waals surface area contributed by atoms with Crippen LogP contribution in [-0.2, 0) is 4.79 Å². The minimum Gasteiger partial charge on any atom is -0.348 e. The van der Waals surface area contributed by atoms with Crippen LogP contribution in [0.1, 0.15) is 48.1 Å². The third-order valence-corrected chi connectivity index (χ3v) is 4.76. The molecule has 2 amide bonds. The van der Waals surface area contributed by atoms with Gasteiger partial charge in [-0.15, -0.1) is 0 Å². The normalized spacial score (nSPS) is 17.8. The van der Waals surface area contributed by atoms with Crippen LogP contribution in [0, 0.1) is 5.82 Å². The molecule has 0 aliphatic carbocycles. The van der Waals surface area contributed by atoms with Crippen LogP contribution in [0.3, 0.4) is 0 Å². The maximum absolute atomic E-state index is 12.9. The van der Waals surface area contributed by atoms with Crippen LogP contribution in [-0.4, -0.2) is 24.4 Å². The van der Waals surface area contributed by atoms with Gasteiger partial charge in [0.1, 0.15) is 5.82 Å². The van der Waals surface area contributed by atoms with Crippen LogP contribution in [0.25, 0.3) is 0 Å². The molecule has 1 aliphatic heterocycles. The van der Waals surface area contributed by atoms with Gasteiger partial charge in [-0.05, 0) is 68.3 Å². The van der Waals surface area contributed by atoms with Crippen LogP contribution < -0.4 is 16.0 Å². The molecule has 0 saturated carbocycles. The van der Waals surface area contributed by atoms with Crippen molar-refractivity contribution in [2.75, 3.05) is 11.9 Å². The monoisotopic (exact) mass is 369 g/mol. The molecule has 0 spiro atoms. The van der Waals surface area contributed by atoms with Crippen LogP contribution in [0.2, 0.25) is 0 Å².